The van der Waals surface area contributed by atoms with Gasteiger partial charge in [0.15, 0.2) is 0 Å². The van der Waals surface area contributed by atoms with Gasteiger partial charge in [-0.15, -0.1) is 0 Å². The van der Waals surface area contributed by atoms with Gasteiger partial charge >= 0.3 is 0 Å². The van der Waals surface area contributed by atoms with Gasteiger partial charge in [0.05, 0.1) is 0 Å². The molecule has 116 valence electrons. The van der Waals surface area contributed by atoms with Gasteiger partial charge in [0.1, 0.15) is 6.61 Å². The van der Waals surface area contributed by atoms with Gasteiger partial charge in [-0.05, 0) is 42.9 Å². The molecule has 4 heteroatoms. The molecule has 1 aliphatic rings. The van der Waals surface area contributed by atoms with E-state index in [-0.39, 0.29) is 12.5 Å². The zero-order valence-corrected chi connectivity index (χ0v) is 13.2. The Kier molecular flexibility index (Phi) is 5.62. The van der Waals surface area contributed by atoms with Crippen molar-refractivity contribution in [3.8, 4) is 0 Å². The molecule has 2 N–H and O–H groups in total. The van der Waals surface area contributed by atoms with Crippen molar-refractivity contribution in [1.82, 2.24) is 0 Å². The molecule has 0 spiro atoms. The van der Waals surface area contributed by atoms with Crippen LogP contribution in [0.5, 0.6) is 0 Å². The van der Waals surface area contributed by atoms with E-state index < -0.39 is 0 Å². The van der Waals surface area contributed by atoms with Crippen LogP contribution in [0.2, 0.25) is 0 Å². The third kappa shape index (κ3) is 4.74. The summed E-state index contributed by atoms with van der Waals surface area (Å²) in [5.74, 6) is 1.34. The minimum Gasteiger partial charge on any atom is -0.382 e. The normalized spacial score (nSPS) is 25.4. The average molecular weight is 290 g/mol. The minimum absolute atomic E-state index is 0.0782. The van der Waals surface area contributed by atoms with Gasteiger partial charge in [-0.25, -0.2) is 0 Å². The van der Waals surface area contributed by atoms with Gasteiger partial charge in [-0.3, -0.25) is 4.79 Å². The van der Waals surface area contributed by atoms with Crippen molar-refractivity contribution >= 4 is 17.3 Å². The number of hydrogen-bond donors (Lipinski definition) is 2. The lowest BCUT2D eigenvalue weighted by molar-refractivity contribution is -0.119. The molecule has 0 heterocycles. The van der Waals surface area contributed by atoms with Crippen molar-refractivity contribution in [1.29, 1.82) is 0 Å². The molecule has 1 fully saturated rings. The predicted octanol–water partition coefficient (Wildman–Crippen LogP) is 3.51. The smallest absolute Gasteiger partial charge is 0.250 e. The van der Waals surface area contributed by atoms with E-state index in [0.29, 0.717) is 12.0 Å². The molecule has 0 aromatic heterocycles. The van der Waals surface area contributed by atoms with Crippen molar-refractivity contribution in [3.63, 3.8) is 0 Å². The molecule has 1 amide bonds. The maximum absolute atomic E-state index is 11.6. The van der Waals surface area contributed by atoms with Crippen LogP contribution in [0.25, 0.3) is 0 Å². The molecule has 1 aliphatic carbocycles. The lowest BCUT2D eigenvalue weighted by Gasteiger charge is -2.34. The van der Waals surface area contributed by atoms with Gasteiger partial charge in [0, 0.05) is 24.5 Å². The monoisotopic (exact) mass is 290 g/mol. The third-order valence-corrected chi connectivity index (χ3v) is 4.23. The first-order chi connectivity index (χ1) is 10.1. The van der Waals surface area contributed by atoms with E-state index in [0.717, 1.165) is 17.3 Å². The Morgan fingerprint density at radius 1 is 1.29 bits per heavy atom. The highest BCUT2D eigenvalue weighted by molar-refractivity contribution is 5.92. The number of carbonyl (C=O) groups excluding carboxylic acids is 1. The van der Waals surface area contributed by atoms with Crippen molar-refractivity contribution in [2.45, 2.75) is 39.2 Å². The molecule has 2 rings (SSSR count). The summed E-state index contributed by atoms with van der Waals surface area (Å²) < 4.78 is 4.83. The van der Waals surface area contributed by atoms with E-state index in [1.54, 1.807) is 0 Å². The summed E-state index contributed by atoms with van der Waals surface area (Å²) in [6.07, 6.45) is 3.82. The molecule has 0 bridgehead atoms. The number of amides is 1. The van der Waals surface area contributed by atoms with Gasteiger partial charge < -0.3 is 15.4 Å². The largest absolute Gasteiger partial charge is 0.382 e. The summed E-state index contributed by atoms with van der Waals surface area (Å²) in [6.45, 7) is 4.71. The van der Waals surface area contributed by atoms with Gasteiger partial charge in [0.2, 0.25) is 5.91 Å². The zero-order valence-electron chi connectivity index (χ0n) is 13.2. The fourth-order valence-corrected chi connectivity index (χ4v) is 2.96. The second-order valence-electron chi connectivity index (χ2n) is 6.21. The molecule has 1 aromatic rings. The van der Waals surface area contributed by atoms with E-state index in [9.17, 15) is 4.79 Å². The number of methoxy groups -OCH3 is 1. The Morgan fingerprint density at radius 2 is 2.05 bits per heavy atom. The highest BCUT2D eigenvalue weighted by Gasteiger charge is 2.25. The summed E-state index contributed by atoms with van der Waals surface area (Å²) >= 11 is 0. The molecule has 0 saturated heterocycles. The molecule has 1 saturated carbocycles. The van der Waals surface area contributed by atoms with Gasteiger partial charge in [-0.1, -0.05) is 26.3 Å². The van der Waals surface area contributed by atoms with Crippen LogP contribution < -0.4 is 10.6 Å². The van der Waals surface area contributed by atoms with Crippen LogP contribution in [-0.2, 0) is 9.53 Å². The molecule has 1 aromatic carbocycles. The first-order valence-electron chi connectivity index (χ1n) is 7.74. The molecule has 0 aliphatic heterocycles. The second-order valence-corrected chi connectivity index (χ2v) is 6.21. The molecule has 3 unspecified atom stereocenters. The number of nitrogens with one attached hydrogen (secondary N) is 2. The molecule has 0 radical (unpaired) electrons. The first kappa shape index (κ1) is 15.8. The van der Waals surface area contributed by atoms with Gasteiger partial charge in [-0.2, -0.15) is 0 Å². The standard InChI is InChI=1S/C17H26N2O2/c1-12-7-8-13(2)16(9-12)18-14-5-4-6-15(10-14)19-17(20)11-21-3/h4-6,10,12-13,16,18H,7-9,11H2,1-3H3,(H,19,20). The third-order valence-electron chi connectivity index (χ3n) is 4.23. The Labute approximate surface area is 127 Å². The topological polar surface area (TPSA) is 50.4 Å². The van der Waals surface area contributed by atoms with E-state index >= 15 is 0 Å². The SMILES string of the molecule is COCC(=O)Nc1cccc(NC2CC(C)CCC2C)c1. The maximum atomic E-state index is 11.6. The average Bonchev–Trinajstić information content (AvgIpc) is 2.43. The van der Waals surface area contributed by atoms with Crippen LogP contribution in [0.3, 0.4) is 0 Å². The van der Waals surface area contributed by atoms with Crippen LogP contribution in [0.1, 0.15) is 33.1 Å². The van der Waals surface area contributed by atoms with Crippen LogP contribution in [0.4, 0.5) is 11.4 Å². The lowest BCUT2D eigenvalue weighted by Crippen LogP contribution is -2.33. The zero-order chi connectivity index (χ0) is 15.2. The Bertz CT molecular complexity index is 476. The summed E-state index contributed by atoms with van der Waals surface area (Å²) in [5, 5.41) is 6.46. The summed E-state index contributed by atoms with van der Waals surface area (Å²) in [4.78, 5) is 11.6. The van der Waals surface area contributed by atoms with Crippen LogP contribution >= 0.6 is 0 Å². The van der Waals surface area contributed by atoms with Crippen molar-refractivity contribution in [3.05, 3.63) is 24.3 Å². The quantitative estimate of drug-likeness (QED) is 0.872. The number of ether oxygens (including phenoxy) is 1. The fourth-order valence-electron chi connectivity index (χ4n) is 2.96. The van der Waals surface area contributed by atoms with Crippen LogP contribution in [0.15, 0.2) is 24.3 Å². The predicted molar refractivity (Wildman–Crippen MR) is 86.5 cm³/mol. The number of rotatable bonds is 5. The van der Waals surface area contributed by atoms with Crippen molar-refractivity contribution in [2.75, 3.05) is 24.4 Å². The minimum atomic E-state index is -0.130. The van der Waals surface area contributed by atoms with E-state index in [1.807, 2.05) is 18.2 Å². The van der Waals surface area contributed by atoms with Crippen LogP contribution in [-0.4, -0.2) is 25.7 Å². The Hall–Kier alpha value is -1.55. The summed E-state index contributed by atoms with van der Waals surface area (Å²) in [6, 6.07) is 8.41. The Balaban J connectivity index is 1.98. The number of benzene rings is 1. The molecule has 4 nitrogen and oxygen atoms in total. The molecule has 3 atom stereocenters. The number of anilines is 2. The Morgan fingerprint density at radius 3 is 2.81 bits per heavy atom. The molecular weight excluding hydrogens is 264 g/mol. The highest BCUT2D eigenvalue weighted by Crippen LogP contribution is 2.31. The number of hydrogen-bond acceptors (Lipinski definition) is 3. The lowest BCUT2D eigenvalue weighted by atomic mass is 9.80. The fraction of sp³-hybridized carbons (Fsp3) is 0.588. The second kappa shape index (κ2) is 7.46. The number of carbonyl (C=O) groups is 1. The highest BCUT2D eigenvalue weighted by atomic mass is 16.5. The van der Waals surface area contributed by atoms with E-state index in [4.69, 9.17) is 4.74 Å². The van der Waals surface area contributed by atoms with E-state index in [1.165, 1.54) is 26.4 Å². The first-order valence-corrected chi connectivity index (χ1v) is 7.74. The summed E-state index contributed by atoms with van der Waals surface area (Å²) in [7, 11) is 1.52. The van der Waals surface area contributed by atoms with E-state index in [2.05, 4.69) is 30.5 Å². The summed E-state index contributed by atoms with van der Waals surface area (Å²) in [5.41, 5.74) is 1.87. The maximum Gasteiger partial charge on any atom is 0.250 e. The van der Waals surface area contributed by atoms with Crippen molar-refractivity contribution in [2.24, 2.45) is 11.8 Å². The van der Waals surface area contributed by atoms with Gasteiger partial charge in [0.25, 0.3) is 0 Å². The van der Waals surface area contributed by atoms with Crippen LogP contribution in [0, 0.1) is 11.8 Å². The molecule has 21 heavy (non-hydrogen) atoms. The molecular formula is C17H26N2O2. The van der Waals surface area contributed by atoms with Crippen molar-refractivity contribution < 1.29 is 9.53 Å².